The first-order chi connectivity index (χ1) is 7.12. The van der Waals surface area contributed by atoms with Gasteiger partial charge in [0.1, 0.15) is 0 Å². The zero-order valence-electron chi connectivity index (χ0n) is 10.6. The predicted octanol–water partition coefficient (Wildman–Crippen LogP) is 2.25. The van der Waals surface area contributed by atoms with E-state index < -0.39 is 0 Å². The third-order valence-corrected chi connectivity index (χ3v) is 4.28. The first-order valence-electron chi connectivity index (χ1n) is 6.60. The standard InChI is InChI=1S/C13H26N2/c1-4-13(2,3)15-8-7-11(10-15)9-14-12-5-6-12/h11-12,14H,4-10H2,1-3H3. The lowest BCUT2D eigenvalue weighted by molar-refractivity contribution is 0.144. The average Bonchev–Trinajstić information content (AvgIpc) is 2.92. The Kier molecular flexibility index (Phi) is 3.36. The molecule has 1 atom stereocenters. The van der Waals surface area contributed by atoms with Crippen molar-refractivity contribution in [3.63, 3.8) is 0 Å². The molecule has 15 heavy (non-hydrogen) atoms. The Hall–Kier alpha value is -0.0800. The van der Waals surface area contributed by atoms with E-state index in [1.165, 1.54) is 45.3 Å². The van der Waals surface area contributed by atoms with Gasteiger partial charge < -0.3 is 5.32 Å². The molecule has 1 saturated carbocycles. The van der Waals surface area contributed by atoms with Crippen molar-refractivity contribution in [2.75, 3.05) is 19.6 Å². The lowest BCUT2D eigenvalue weighted by Gasteiger charge is -2.34. The highest BCUT2D eigenvalue weighted by molar-refractivity contribution is 4.89. The minimum atomic E-state index is 0.411. The summed E-state index contributed by atoms with van der Waals surface area (Å²) in [7, 11) is 0. The van der Waals surface area contributed by atoms with E-state index in [1.807, 2.05) is 0 Å². The van der Waals surface area contributed by atoms with Crippen molar-refractivity contribution >= 4 is 0 Å². The highest BCUT2D eigenvalue weighted by Crippen LogP contribution is 2.27. The Morgan fingerprint density at radius 1 is 1.27 bits per heavy atom. The maximum atomic E-state index is 3.66. The molecule has 2 aliphatic rings. The van der Waals surface area contributed by atoms with Gasteiger partial charge >= 0.3 is 0 Å². The van der Waals surface area contributed by atoms with Crippen LogP contribution in [0.1, 0.15) is 46.5 Å². The van der Waals surface area contributed by atoms with E-state index >= 15 is 0 Å². The van der Waals surface area contributed by atoms with Crippen molar-refractivity contribution in [2.45, 2.75) is 58.0 Å². The van der Waals surface area contributed by atoms with Crippen LogP contribution in [0.2, 0.25) is 0 Å². The lowest BCUT2D eigenvalue weighted by Crippen LogP contribution is -2.42. The molecular weight excluding hydrogens is 184 g/mol. The molecule has 0 aromatic carbocycles. The van der Waals surface area contributed by atoms with Crippen molar-refractivity contribution in [3.8, 4) is 0 Å². The van der Waals surface area contributed by atoms with E-state index in [-0.39, 0.29) is 0 Å². The number of rotatable bonds is 5. The number of likely N-dealkylation sites (tertiary alicyclic amines) is 1. The molecule has 2 rings (SSSR count). The summed E-state index contributed by atoms with van der Waals surface area (Å²) in [5, 5.41) is 3.66. The van der Waals surface area contributed by atoms with Crippen molar-refractivity contribution in [2.24, 2.45) is 5.92 Å². The van der Waals surface area contributed by atoms with Gasteiger partial charge in [0.15, 0.2) is 0 Å². The summed E-state index contributed by atoms with van der Waals surface area (Å²) >= 11 is 0. The van der Waals surface area contributed by atoms with Crippen molar-refractivity contribution in [1.82, 2.24) is 10.2 Å². The smallest absolute Gasteiger partial charge is 0.0150 e. The normalized spacial score (nSPS) is 28.6. The van der Waals surface area contributed by atoms with E-state index in [0.29, 0.717) is 5.54 Å². The molecule has 0 aromatic rings. The summed E-state index contributed by atoms with van der Waals surface area (Å²) < 4.78 is 0. The van der Waals surface area contributed by atoms with Crippen LogP contribution in [0, 0.1) is 5.92 Å². The van der Waals surface area contributed by atoms with Gasteiger partial charge in [-0.05, 0) is 58.5 Å². The van der Waals surface area contributed by atoms with Crippen LogP contribution in [0.15, 0.2) is 0 Å². The quantitative estimate of drug-likeness (QED) is 0.749. The molecule has 0 radical (unpaired) electrons. The van der Waals surface area contributed by atoms with Gasteiger partial charge in [0.2, 0.25) is 0 Å². The fourth-order valence-electron chi connectivity index (χ4n) is 2.39. The second-order valence-electron chi connectivity index (χ2n) is 5.95. The molecule has 2 nitrogen and oxygen atoms in total. The third-order valence-electron chi connectivity index (χ3n) is 4.28. The van der Waals surface area contributed by atoms with Crippen LogP contribution in [0.4, 0.5) is 0 Å². The molecule has 0 bridgehead atoms. The van der Waals surface area contributed by atoms with Gasteiger partial charge in [-0.1, -0.05) is 6.92 Å². The second kappa shape index (κ2) is 4.42. The first kappa shape index (κ1) is 11.4. The van der Waals surface area contributed by atoms with Gasteiger partial charge in [0.25, 0.3) is 0 Å². The number of nitrogens with one attached hydrogen (secondary N) is 1. The molecule has 1 unspecified atom stereocenters. The summed E-state index contributed by atoms with van der Waals surface area (Å²) in [6, 6.07) is 0.873. The fraction of sp³-hybridized carbons (Fsp3) is 1.00. The van der Waals surface area contributed by atoms with Gasteiger partial charge in [0.05, 0.1) is 0 Å². The number of nitrogens with zero attached hydrogens (tertiary/aromatic N) is 1. The second-order valence-corrected chi connectivity index (χ2v) is 5.95. The summed E-state index contributed by atoms with van der Waals surface area (Å²) in [5.41, 5.74) is 0.411. The largest absolute Gasteiger partial charge is 0.314 e. The van der Waals surface area contributed by atoms with Crippen LogP contribution >= 0.6 is 0 Å². The lowest BCUT2D eigenvalue weighted by atomic mass is 10.00. The van der Waals surface area contributed by atoms with Crippen LogP contribution in [-0.2, 0) is 0 Å². The van der Waals surface area contributed by atoms with Gasteiger partial charge in [-0.25, -0.2) is 0 Å². The Bertz CT molecular complexity index is 209. The molecule has 1 N–H and O–H groups in total. The Morgan fingerprint density at radius 3 is 2.60 bits per heavy atom. The molecule has 0 spiro atoms. The van der Waals surface area contributed by atoms with E-state index in [4.69, 9.17) is 0 Å². The Balaban J connectivity index is 1.73. The average molecular weight is 210 g/mol. The zero-order chi connectivity index (χ0) is 10.9. The van der Waals surface area contributed by atoms with Crippen LogP contribution in [0.5, 0.6) is 0 Å². The van der Waals surface area contributed by atoms with E-state index in [0.717, 1.165) is 12.0 Å². The van der Waals surface area contributed by atoms with Crippen LogP contribution < -0.4 is 5.32 Å². The molecule has 1 aliphatic carbocycles. The maximum Gasteiger partial charge on any atom is 0.0150 e. The maximum absolute atomic E-state index is 3.66. The molecule has 1 saturated heterocycles. The molecule has 1 aliphatic heterocycles. The van der Waals surface area contributed by atoms with Crippen molar-refractivity contribution in [3.05, 3.63) is 0 Å². The molecule has 88 valence electrons. The highest BCUT2D eigenvalue weighted by atomic mass is 15.2. The fourth-order valence-corrected chi connectivity index (χ4v) is 2.39. The SMILES string of the molecule is CCC(C)(C)N1CCC(CNC2CC2)C1. The van der Waals surface area contributed by atoms with E-state index in [9.17, 15) is 0 Å². The number of hydrogen-bond donors (Lipinski definition) is 1. The van der Waals surface area contributed by atoms with Crippen LogP contribution in [0.25, 0.3) is 0 Å². The molecule has 1 heterocycles. The predicted molar refractivity (Wildman–Crippen MR) is 65.1 cm³/mol. The molecule has 0 amide bonds. The van der Waals surface area contributed by atoms with E-state index in [1.54, 1.807) is 0 Å². The summed E-state index contributed by atoms with van der Waals surface area (Å²) in [6.07, 6.45) is 5.48. The highest BCUT2D eigenvalue weighted by Gasteiger charge is 2.32. The topological polar surface area (TPSA) is 15.3 Å². The third kappa shape index (κ3) is 2.94. The first-order valence-corrected chi connectivity index (χ1v) is 6.60. The van der Waals surface area contributed by atoms with Gasteiger partial charge in [0, 0.05) is 18.1 Å². The summed E-state index contributed by atoms with van der Waals surface area (Å²) in [5.74, 6) is 0.899. The van der Waals surface area contributed by atoms with Crippen LogP contribution in [0.3, 0.4) is 0 Å². The minimum absolute atomic E-state index is 0.411. The van der Waals surface area contributed by atoms with Crippen LogP contribution in [-0.4, -0.2) is 36.1 Å². The molecular formula is C13H26N2. The Morgan fingerprint density at radius 2 is 2.00 bits per heavy atom. The number of hydrogen-bond acceptors (Lipinski definition) is 2. The van der Waals surface area contributed by atoms with Crippen molar-refractivity contribution < 1.29 is 0 Å². The summed E-state index contributed by atoms with van der Waals surface area (Å²) in [4.78, 5) is 2.67. The summed E-state index contributed by atoms with van der Waals surface area (Å²) in [6.45, 7) is 10.9. The monoisotopic (exact) mass is 210 g/mol. The van der Waals surface area contributed by atoms with Gasteiger partial charge in [-0.15, -0.1) is 0 Å². The zero-order valence-corrected chi connectivity index (χ0v) is 10.6. The molecule has 0 aromatic heterocycles. The van der Waals surface area contributed by atoms with Gasteiger partial charge in [-0.3, -0.25) is 4.90 Å². The van der Waals surface area contributed by atoms with Gasteiger partial charge in [-0.2, -0.15) is 0 Å². The minimum Gasteiger partial charge on any atom is -0.314 e. The Labute approximate surface area is 94.4 Å². The molecule has 2 fully saturated rings. The van der Waals surface area contributed by atoms with E-state index in [2.05, 4.69) is 31.0 Å². The molecule has 2 heteroatoms. The van der Waals surface area contributed by atoms with Crippen molar-refractivity contribution in [1.29, 1.82) is 0 Å².